The highest BCUT2D eigenvalue weighted by Gasteiger charge is 2.34. The van der Waals surface area contributed by atoms with Crippen molar-refractivity contribution in [3.63, 3.8) is 0 Å². The second kappa shape index (κ2) is 5.13. The van der Waals surface area contributed by atoms with E-state index < -0.39 is 0 Å². The molecule has 1 aromatic rings. The van der Waals surface area contributed by atoms with Gasteiger partial charge in [-0.2, -0.15) is 0 Å². The van der Waals surface area contributed by atoms with E-state index >= 15 is 0 Å². The minimum Gasteiger partial charge on any atom is -0.393 e. The van der Waals surface area contributed by atoms with Crippen LogP contribution in [-0.4, -0.2) is 33.9 Å². The Balaban J connectivity index is 2.06. The number of nitrogens with two attached hydrogens (primary N) is 1. The second-order valence-electron chi connectivity index (χ2n) is 5.16. The third kappa shape index (κ3) is 2.84. The Bertz CT molecular complexity index is 539. The minimum absolute atomic E-state index is 0.0683. The average molecular weight is 279 g/mol. The number of aromatic amines is 1. The molecule has 0 saturated carbocycles. The molecule has 1 amide bonds. The molecule has 102 valence electrons. The van der Waals surface area contributed by atoms with Crippen molar-refractivity contribution in [2.24, 2.45) is 11.1 Å². The molecule has 1 aliphatic heterocycles. The van der Waals surface area contributed by atoms with Gasteiger partial charge in [0.15, 0.2) is 0 Å². The van der Waals surface area contributed by atoms with Crippen LogP contribution in [0.15, 0.2) is 23.1 Å². The van der Waals surface area contributed by atoms with Crippen molar-refractivity contribution in [2.45, 2.75) is 19.8 Å². The van der Waals surface area contributed by atoms with Gasteiger partial charge in [-0.25, -0.2) is 0 Å². The van der Waals surface area contributed by atoms with Crippen molar-refractivity contribution < 1.29 is 4.79 Å². The standard InChI is InChI=1S/C13H17N3O2S/c1-13(12(14)19)4-6-16(7-5-13)11(18)9-2-3-10(17)15-8-9/h2-3,8H,4-7H2,1H3,(H2,14,19)(H,15,17). The van der Waals surface area contributed by atoms with Crippen molar-refractivity contribution >= 4 is 23.1 Å². The van der Waals surface area contributed by atoms with Gasteiger partial charge in [0.05, 0.1) is 10.6 Å². The zero-order valence-electron chi connectivity index (χ0n) is 10.8. The summed E-state index contributed by atoms with van der Waals surface area (Å²) in [5.41, 5.74) is 5.87. The number of H-pyrrole nitrogens is 1. The van der Waals surface area contributed by atoms with Gasteiger partial charge in [-0.05, 0) is 18.9 Å². The van der Waals surface area contributed by atoms with Crippen LogP contribution in [0.2, 0.25) is 0 Å². The van der Waals surface area contributed by atoms with Gasteiger partial charge in [-0.1, -0.05) is 19.1 Å². The Morgan fingerprint density at radius 1 is 1.42 bits per heavy atom. The molecule has 2 heterocycles. The first-order chi connectivity index (χ1) is 8.92. The number of nitrogens with one attached hydrogen (secondary N) is 1. The van der Waals surface area contributed by atoms with E-state index in [0.717, 1.165) is 12.8 Å². The lowest BCUT2D eigenvalue weighted by atomic mass is 9.80. The van der Waals surface area contributed by atoms with Gasteiger partial charge in [0.25, 0.3) is 5.91 Å². The first-order valence-corrected chi connectivity index (χ1v) is 6.61. The van der Waals surface area contributed by atoms with Crippen LogP contribution in [0.4, 0.5) is 0 Å². The largest absolute Gasteiger partial charge is 0.393 e. The maximum absolute atomic E-state index is 12.2. The molecule has 0 aliphatic carbocycles. The van der Waals surface area contributed by atoms with Crippen molar-refractivity contribution in [3.05, 3.63) is 34.2 Å². The third-order valence-electron chi connectivity index (χ3n) is 3.78. The lowest BCUT2D eigenvalue weighted by molar-refractivity contribution is 0.0670. The number of hydrogen-bond acceptors (Lipinski definition) is 3. The molecule has 0 unspecified atom stereocenters. The third-order valence-corrected chi connectivity index (χ3v) is 4.27. The lowest BCUT2D eigenvalue weighted by Gasteiger charge is -2.38. The predicted octanol–water partition coefficient (Wildman–Crippen LogP) is 0.903. The number of amides is 1. The molecule has 5 nitrogen and oxygen atoms in total. The number of piperidine rings is 1. The van der Waals surface area contributed by atoms with Crippen LogP contribution in [0.1, 0.15) is 30.1 Å². The molecular weight excluding hydrogens is 262 g/mol. The Morgan fingerprint density at radius 2 is 2.05 bits per heavy atom. The average Bonchev–Trinajstić information content (AvgIpc) is 2.39. The predicted molar refractivity (Wildman–Crippen MR) is 77.1 cm³/mol. The molecule has 0 spiro atoms. The van der Waals surface area contributed by atoms with Crippen LogP contribution < -0.4 is 11.3 Å². The fourth-order valence-corrected chi connectivity index (χ4v) is 2.38. The van der Waals surface area contributed by atoms with Crippen molar-refractivity contribution in [3.8, 4) is 0 Å². The molecule has 6 heteroatoms. The van der Waals surface area contributed by atoms with E-state index in [4.69, 9.17) is 18.0 Å². The van der Waals surface area contributed by atoms with E-state index in [1.807, 2.05) is 6.92 Å². The number of likely N-dealkylation sites (tertiary alicyclic amines) is 1. The number of aromatic nitrogens is 1. The highest BCUT2D eigenvalue weighted by atomic mass is 32.1. The fourth-order valence-electron chi connectivity index (χ4n) is 2.18. The van der Waals surface area contributed by atoms with E-state index in [2.05, 4.69) is 4.98 Å². The number of hydrogen-bond donors (Lipinski definition) is 2. The molecule has 19 heavy (non-hydrogen) atoms. The molecule has 1 aliphatic rings. The summed E-state index contributed by atoms with van der Waals surface area (Å²) in [6, 6.07) is 2.90. The van der Waals surface area contributed by atoms with Crippen molar-refractivity contribution in [2.75, 3.05) is 13.1 Å². The summed E-state index contributed by atoms with van der Waals surface area (Å²) < 4.78 is 0. The van der Waals surface area contributed by atoms with Gasteiger partial charge < -0.3 is 15.6 Å². The van der Waals surface area contributed by atoms with Gasteiger partial charge in [0, 0.05) is 30.8 Å². The molecule has 1 aromatic heterocycles. The highest BCUT2D eigenvalue weighted by molar-refractivity contribution is 7.80. The maximum Gasteiger partial charge on any atom is 0.255 e. The summed E-state index contributed by atoms with van der Waals surface area (Å²) in [7, 11) is 0. The van der Waals surface area contributed by atoms with E-state index in [1.165, 1.54) is 12.3 Å². The molecule has 2 rings (SSSR count). The normalized spacial score (nSPS) is 18.1. The Morgan fingerprint density at radius 3 is 2.53 bits per heavy atom. The number of pyridine rings is 1. The summed E-state index contributed by atoms with van der Waals surface area (Å²) in [6.07, 6.45) is 3.00. The molecular formula is C13H17N3O2S. The first kappa shape index (κ1) is 13.7. The van der Waals surface area contributed by atoms with Crippen LogP contribution in [0.25, 0.3) is 0 Å². The van der Waals surface area contributed by atoms with Crippen LogP contribution in [0.3, 0.4) is 0 Å². The molecule has 0 bridgehead atoms. The number of thiocarbonyl (C=S) groups is 1. The van der Waals surface area contributed by atoms with Gasteiger partial charge in [0.2, 0.25) is 5.56 Å². The zero-order valence-corrected chi connectivity index (χ0v) is 11.6. The Labute approximate surface area is 116 Å². The van der Waals surface area contributed by atoms with Gasteiger partial charge in [0.1, 0.15) is 0 Å². The lowest BCUT2D eigenvalue weighted by Crippen LogP contribution is -2.46. The maximum atomic E-state index is 12.2. The molecule has 0 radical (unpaired) electrons. The number of carbonyl (C=O) groups excluding carboxylic acids is 1. The zero-order chi connectivity index (χ0) is 14.0. The Hall–Kier alpha value is -1.69. The van der Waals surface area contributed by atoms with E-state index in [0.29, 0.717) is 23.6 Å². The highest BCUT2D eigenvalue weighted by Crippen LogP contribution is 2.31. The summed E-state index contributed by atoms with van der Waals surface area (Å²) in [5, 5.41) is 0. The SMILES string of the molecule is CC1(C(N)=S)CCN(C(=O)c2ccc(=O)[nH]c2)CC1. The van der Waals surface area contributed by atoms with Gasteiger partial charge in [-0.3, -0.25) is 9.59 Å². The molecule has 3 N–H and O–H groups in total. The van der Waals surface area contributed by atoms with Crippen LogP contribution in [0, 0.1) is 5.41 Å². The Kier molecular flexibility index (Phi) is 3.71. The number of carbonyl (C=O) groups is 1. The van der Waals surface area contributed by atoms with Crippen molar-refractivity contribution in [1.82, 2.24) is 9.88 Å². The van der Waals surface area contributed by atoms with Crippen LogP contribution in [0.5, 0.6) is 0 Å². The minimum atomic E-state index is -0.212. The van der Waals surface area contributed by atoms with Crippen LogP contribution in [-0.2, 0) is 0 Å². The smallest absolute Gasteiger partial charge is 0.255 e. The topological polar surface area (TPSA) is 79.2 Å². The molecule has 1 fully saturated rings. The molecule has 0 atom stereocenters. The molecule has 0 aromatic carbocycles. The van der Waals surface area contributed by atoms with Gasteiger partial charge >= 0.3 is 0 Å². The first-order valence-electron chi connectivity index (χ1n) is 6.20. The summed E-state index contributed by atoms with van der Waals surface area (Å²) in [5.74, 6) is -0.0683. The summed E-state index contributed by atoms with van der Waals surface area (Å²) >= 11 is 5.08. The van der Waals surface area contributed by atoms with E-state index in [9.17, 15) is 9.59 Å². The van der Waals surface area contributed by atoms with Gasteiger partial charge in [-0.15, -0.1) is 0 Å². The number of rotatable bonds is 2. The quantitative estimate of drug-likeness (QED) is 0.788. The van der Waals surface area contributed by atoms with Crippen molar-refractivity contribution in [1.29, 1.82) is 0 Å². The van der Waals surface area contributed by atoms with E-state index in [-0.39, 0.29) is 16.9 Å². The fraction of sp³-hybridized carbons (Fsp3) is 0.462. The van der Waals surface area contributed by atoms with E-state index in [1.54, 1.807) is 11.0 Å². The summed E-state index contributed by atoms with van der Waals surface area (Å²) in [6.45, 7) is 3.30. The van der Waals surface area contributed by atoms with Crippen LogP contribution >= 0.6 is 12.2 Å². The summed E-state index contributed by atoms with van der Waals surface area (Å²) in [4.78, 5) is 28.0. The number of nitrogens with zero attached hydrogens (tertiary/aromatic N) is 1. The molecule has 1 saturated heterocycles. The second-order valence-corrected chi connectivity index (χ2v) is 5.60. The monoisotopic (exact) mass is 279 g/mol.